The van der Waals surface area contributed by atoms with Crippen LogP contribution >= 0.6 is 35.2 Å². The largest absolute Gasteiger partial charge is 0.217 e. The fourth-order valence-corrected chi connectivity index (χ4v) is 115. The van der Waals surface area contributed by atoms with E-state index in [9.17, 15) is 0 Å². The van der Waals surface area contributed by atoms with Gasteiger partial charge in [-0.1, -0.05) is 64.2 Å². The Morgan fingerprint density at radius 2 is 0.812 bits per heavy atom. The molecule has 0 aromatic rings. The van der Waals surface area contributed by atoms with Crippen molar-refractivity contribution in [2.24, 2.45) is 0 Å². The standard InChI is InChI=1S/C27H53P5/c1-31(2)28(24-16-8-4-9-17-24)29(25-18-10-5-11-19-25)32(3,27-22-14-7-15-23-27)30(31)26-20-12-6-13-21-26/h24-27H,4-23H2,1-3H3/q+2. The minimum atomic E-state index is -0.789. The van der Waals surface area contributed by atoms with Gasteiger partial charge in [-0.2, -0.15) is 0 Å². The van der Waals surface area contributed by atoms with Crippen molar-refractivity contribution in [2.45, 2.75) is 151 Å². The normalized spacial score (nSPS) is 41.2. The zero-order chi connectivity index (χ0) is 22.2. The predicted octanol–water partition coefficient (Wildman–Crippen LogP) is 12.3. The molecule has 5 heteroatoms. The second-order valence-corrected chi connectivity index (χ2v) is 45.4. The van der Waals surface area contributed by atoms with Gasteiger partial charge in [0.1, 0.15) is 14.6 Å². The van der Waals surface area contributed by atoms with Gasteiger partial charge in [-0.15, -0.1) is 0 Å². The summed E-state index contributed by atoms with van der Waals surface area (Å²) in [5.41, 5.74) is 4.94. The van der Waals surface area contributed by atoms with Crippen molar-refractivity contribution in [1.82, 2.24) is 0 Å². The number of hydrogen-bond donors (Lipinski definition) is 0. The van der Waals surface area contributed by atoms with Crippen LogP contribution in [0, 0.1) is 0 Å². The van der Waals surface area contributed by atoms with Crippen molar-refractivity contribution in [3.05, 3.63) is 0 Å². The van der Waals surface area contributed by atoms with E-state index in [0.29, 0.717) is 21.9 Å². The molecule has 0 bridgehead atoms. The highest BCUT2D eigenvalue weighted by Gasteiger charge is 2.80. The summed E-state index contributed by atoms with van der Waals surface area (Å²) in [6, 6.07) is 0. The zero-order valence-electron chi connectivity index (χ0n) is 21.7. The SMILES string of the molecule is C[P+]1(C)P(C2CCCCC2)P(C2CCCCC2)[P+](C)(C2CCCCC2)P1C1CCCCC1. The molecule has 4 aliphatic carbocycles. The van der Waals surface area contributed by atoms with Crippen molar-refractivity contribution in [3.63, 3.8) is 0 Å². The van der Waals surface area contributed by atoms with Gasteiger partial charge in [-0.05, 0) is 64.2 Å². The van der Waals surface area contributed by atoms with Crippen molar-refractivity contribution < 1.29 is 0 Å². The van der Waals surface area contributed by atoms with E-state index in [1.165, 1.54) is 22.6 Å². The summed E-state index contributed by atoms with van der Waals surface area (Å²) in [5, 5.41) is 0. The van der Waals surface area contributed by atoms with Crippen molar-refractivity contribution in [1.29, 1.82) is 0 Å². The summed E-state index contributed by atoms with van der Waals surface area (Å²) in [5.74, 6) is 0. The Kier molecular flexibility index (Phi) is 9.08. The lowest BCUT2D eigenvalue weighted by molar-refractivity contribution is 0.506. The summed E-state index contributed by atoms with van der Waals surface area (Å²) >= 11 is 0. The molecule has 0 aromatic heterocycles. The first-order valence-electron chi connectivity index (χ1n) is 14.6. The molecule has 4 unspecified atom stereocenters. The Bertz CT molecular complexity index is 599. The van der Waals surface area contributed by atoms with Crippen LogP contribution in [0.2, 0.25) is 0 Å². The summed E-state index contributed by atoms with van der Waals surface area (Å²) in [6.07, 6.45) is 32.4. The van der Waals surface area contributed by atoms with Crippen LogP contribution in [0.4, 0.5) is 0 Å². The molecular formula is C27H53P5+2. The molecule has 184 valence electrons. The third kappa shape index (κ3) is 4.86. The minimum Gasteiger partial charge on any atom is -0.0533 e. The Morgan fingerprint density at radius 1 is 0.438 bits per heavy atom. The topological polar surface area (TPSA) is 0 Å². The zero-order valence-corrected chi connectivity index (χ0v) is 26.2. The third-order valence-corrected chi connectivity index (χ3v) is 71.1. The van der Waals surface area contributed by atoms with Crippen molar-refractivity contribution in [3.8, 4) is 0 Å². The van der Waals surface area contributed by atoms with Crippen molar-refractivity contribution >= 4 is 35.2 Å². The monoisotopic (exact) mass is 532 g/mol. The van der Waals surface area contributed by atoms with E-state index in [1.54, 1.807) is 128 Å². The molecule has 0 aromatic carbocycles. The van der Waals surface area contributed by atoms with Crippen LogP contribution in [-0.4, -0.2) is 42.6 Å². The fourth-order valence-electron chi connectivity index (χ4n) is 8.68. The maximum atomic E-state index is 3.15. The van der Waals surface area contributed by atoms with Crippen molar-refractivity contribution in [2.75, 3.05) is 20.0 Å². The Labute approximate surface area is 205 Å². The molecule has 4 saturated carbocycles. The summed E-state index contributed by atoms with van der Waals surface area (Å²) in [6.45, 7) is 7.69. The van der Waals surface area contributed by atoms with Crippen LogP contribution in [0.3, 0.4) is 0 Å². The van der Waals surface area contributed by atoms with E-state index in [-0.39, 0.29) is 0 Å². The summed E-state index contributed by atoms with van der Waals surface area (Å²) in [7, 11) is 1.15. The molecule has 4 atom stereocenters. The van der Waals surface area contributed by atoms with Gasteiger partial charge in [0.05, 0.1) is 44.6 Å². The van der Waals surface area contributed by atoms with Crippen LogP contribution in [0.5, 0.6) is 0 Å². The minimum absolute atomic E-state index is 0.377. The summed E-state index contributed by atoms with van der Waals surface area (Å²) in [4.78, 5) is 0. The highest BCUT2D eigenvalue weighted by molar-refractivity contribution is 9.15. The number of rotatable bonds is 4. The van der Waals surface area contributed by atoms with Crippen LogP contribution in [0.25, 0.3) is 0 Å². The first kappa shape index (κ1) is 25.8. The molecule has 32 heavy (non-hydrogen) atoms. The number of hydrogen-bond acceptors (Lipinski definition) is 0. The van der Waals surface area contributed by atoms with Crippen LogP contribution < -0.4 is 0 Å². The smallest absolute Gasteiger partial charge is 0.0533 e. The van der Waals surface area contributed by atoms with Gasteiger partial charge in [-0.25, -0.2) is 0 Å². The maximum Gasteiger partial charge on any atom is 0.217 e. The molecule has 1 saturated heterocycles. The molecule has 1 aliphatic heterocycles. The Hall–Kier alpha value is 2.15. The molecule has 5 fully saturated rings. The van der Waals surface area contributed by atoms with Crippen LogP contribution in [0.15, 0.2) is 0 Å². The van der Waals surface area contributed by atoms with Gasteiger partial charge in [-0.3, -0.25) is 0 Å². The summed E-state index contributed by atoms with van der Waals surface area (Å²) < 4.78 is 0. The first-order chi connectivity index (χ1) is 15.5. The lowest BCUT2D eigenvalue weighted by Gasteiger charge is -2.42. The van der Waals surface area contributed by atoms with E-state index < -0.39 is 13.3 Å². The van der Waals surface area contributed by atoms with E-state index >= 15 is 0 Å². The quantitative estimate of drug-likeness (QED) is 0.316. The second kappa shape index (κ2) is 11.3. The first-order valence-corrected chi connectivity index (χ1v) is 27.4. The third-order valence-electron chi connectivity index (χ3n) is 10.0. The second-order valence-electron chi connectivity index (χ2n) is 12.4. The van der Waals surface area contributed by atoms with E-state index in [0.717, 1.165) is 0 Å². The maximum absolute atomic E-state index is 3.15. The average Bonchev–Trinajstić information content (AvgIpc) is 3.04. The van der Waals surface area contributed by atoms with E-state index in [1.807, 2.05) is 0 Å². The molecule has 0 N–H and O–H groups in total. The molecule has 0 spiro atoms. The van der Waals surface area contributed by atoms with Gasteiger partial charge in [0, 0.05) is 11.3 Å². The Morgan fingerprint density at radius 3 is 1.28 bits per heavy atom. The lowest BCUT2D eigenvalue weighted by atomic mass is 10.0. The average molecular weight is 533 g/mol. The van der Waals surface area contributed by atoms with E-state index in [2.05, 4.69) is 20.0 Å². The fraction of sp³-hybridized carbons (Fsp3) is 1.00. The van der Waals surface area contributed by atoms with Crippen LogP contribution in [0.1, 0.15) is 128 Å². The highest BCUT2D eigenvalue weighted by atomic mass is 33.0. The molecule has 0 radical (unpaired) electrons. The Balaban J connectivity index is 1.59. The van der Waals surface area contributed by atoms with Gasteiger partial charge >= 0.3 is 0 Å². The lowest BCUT2D eigenvalue weighted by Crippen LogP contribution is -2.20. The predicted molar refractivity (Wildman–Crippen MR) is 160 cm³/mol. The molecule has 5 aliphatic rings. The molecular weight excluding hydrogens is 479 g/mol. The van der Waals surface area contributed by atoms with Crippen LogP contribution in [-0.2, 0) is 0 Å². The molecule has 5 rings (SSSR count). The highest BCUT2D eigenvalue weighted by Crippen LogP contribution is 3.33. The molecule has 0 nitrogen and oxygen atoms in total. The van der Waals surface area contributed by atoms with Gasteiger partial charge < -0.3 is 0 Å². The van der Waals surface area contributed by atoms with Gasteiger partial charge in [0.15, 0.2) is 0 Å². The van der Waals surface area contributed by atoms with Gasteiger partial charge in [0.25, 0.3) is 0 Å². The van der Waals surface area contributed by atoms with Gasteiger partial charge in [0.2, 0.25) is 7.30 Å². The molecule has 1 heterocycles. The molecule has 0 amide bonds. The van der Waals surface area contributed by atoms with E-state index in [4.69, 9.17) is 0 Å².